The molecule has 0 aliphatic carbocycles. The van der Waals surface area contributed by atoms with Crippen molar-refractivity contribution in [3.05, 3.63) is 83.4 Å². The van der Waals surface area contributed by atoms with Crippen LogP contribution in [0.4, 0.5) is 5.69 Å². The van der Waals surface area contributed by atoms with Crippen molar-refractivity contribution in [3.8, 4) is 11.5 Å². The number of nitrogens with one attached hydrogen (secondary N) is 1. The smallest absolute Gasteiger partial charge is 0.264 e. The zero-order chi connectivity index (χ0) is 30.2. The van der Waals surface area contributed by atoms with Gasteiger partial charge in [-0.2, -0.15) is 0 Å². The molecule has 0 heterocycles. The molecule has 1 N–H and O–H groups in total. The average molecular weight is 602 g/mol. The van der Waals surface area contributed by atoms with Gasteiger partial charge in [-0.1, -0.05) is 30.7 Å². The molecule has 0 spiro atoms. The highest BCUT2D eigenvalue weighted by Gasteiger charge is 2.34. The molecule has 3 aromatic carbocycles. The molecule has 1 unspecified atom stereocenters. The Morgan fingerprint density at radius 1 is 0.878 bits per heavy atom. The highest BCUT2D eigenvalue weighted by molar-refractivity contribution is 7.92. The van der Waals surface area contributed by atoms with Crippen molar-refractivity contribution in [2.45, 2.75) is 50.7 Å². The topological polar surface area (TPSA) is 105 Å². The number of nitrogens with zero attached hydrogens (tertiary/aromatic N) is 2. The van der Waals surface area contributed by atoms with Gasteiger partial charge in [-0.05, 0) is 86.5 Å². The quantitative estimate of drug-likeness (QED) is 0.299. The van der Waals surface area contributed by atoms with Crippen molar-refractivity contribution in [1.29, 1.82) is 0 Å². The second-order valence-electron chi connectivity index (χ2n) is 9.62. The number of amides is 2. The van der Waals surface area contributed by atoms with Crippen LogP contribution in [0, 0.1) is 0 Å². The number of hydrogen-bond acceptors (Lipinski definition) is 6. The summed E-state index contributed by atoms with van der Waals surface area (Å²) in [5.74, 6) is 0.278. The van der Waals surface area contributed by atoms with Crippen molar-refractivity contribution in [1.82, 2.24) is 10.2 Å². The molecule has 3 rings (SSSR count). The second kappa shape index (κ2) is 14.2. The van der Waals surface area contributed by atoms with Crippen LogP contribution in [0.3, 0.4) is 0 Å². The van der Waals surface area contributed by atoms with Gasteiger partial charge in [-0.25, -0.2) is 8.42 Å². The number of carbonyl (C=O) groups is 2. The maximum Gasteiger partial charge on any atom is 0.264 e. The first-order valence-corrected chi connectivity index (χ1v) is 15.0. The van der Waals surface area contributed by atoms with Crippen molar-refractivity contribution < 1.29 is 27.5 Å². The molecule has 0 aliphatic heterocycles. The lowest BCUT2D eigenvalue weighted by molar-refractivity contribution is -0.140. The number of benzene rings is 3. The van der Waals surface area contributed by atoms with Crippen LogP contribution in [0.15, 0.2) is 77.7 Å². The zero-order valence-corrected chi connectivity index (χ0v) is 25.4. The summed E-state index contributed by atoms with van der Waals surface area (Å²) < 4.78 is 39.3. The SMILES string of the molecule is CCC(C(=O)NC(C)C)N(Cc1ccc(OC)cc1)C(=O)CN(c1ccc(Cl)cc1)S(=O)(=O)c1ccc(OC)cc1. The lowest BCUT2D eigenvalue weighted by Crippen LogP contribution is -2.53. The second-order valence-corrected chi connectivity index (χ2v) is 11.9. The summed E-state index contributed by atoms with van der Waals surface area (Å²) >= 11 is 6.08. The number of methoxy groups -OCH3 is 2. The number of halogens is 1. The molecular formula is C30H36ClN3O6S. The molecule has 9 nitrogen and oxygen atoms in total. The first-order chi connectivity index (χ1) is 19.5. The molecular weight excluding hydrogens is 566 g/mol. The van der Waals surface area contributed by atoms with Gasteiger partial charge < -0.3 is 19.7 Å². The first kappa shape index (κ1) is 31.8. The molecule has 0 aromatic heterocycles. The maximum absolute atomic E-state index is 14.1. The zero-order valence-electron chi connectivity index (χ0n) is 23.8. The molecule has 220 valence electrons. The minimum Gasteiger partial charge on any atom is -0.497 e. The van der Waals surface area contributed by atoms with E-state index >= 15 is 0 Å². The Kier molecular flexibility index (Phi) is 11.0. The minimum atomic E-state index is -4.20. The molecule has 0 bridgehead atoms. The van der Waals surface area contributed by atoms with Gasteiger partial charge in [0.2, 0.25) is 11.8 Å². The van der Waals surface area contributed by atoms with Gasteiger partial charge in [-0.15, -0.1) is 0 Å². The standard InChI is InChI=1S/C30H36ClN3O6S/c1-6-28(30(36)32-21(2)3)33(19-22-7-13-25(39-4)14-8-22)29(35)20-34(24-11-9-23(31)10-12-24)41(37,38)27-17-15-26(40-5)16-18-27/h7-18,21,28H,6,19-20H2,1-5H3,(H,32,36). The highest BCUT2D eigenvalue weighted by Crippen LogP contribution is 2.27. The highest BCUT2D eigenvalue weighted by atomic mass is 35.5. The fraction of sp³-hybridized carbons (Fsp3) is 0.333. The maximum atomic E-state index is 14.1. The van der Waals surface area contributed by atoms with E-state index in [-0.39, 0.29) is 29.1 Å². The number of hydrogen-bond donors (Lipinski definition) is 1. The number of rotatable bonds is 13. The van der Waals surface area contributed by atoms with E-state index in [9.17, 15) is 18.0 Å². The lowest BCUT2D eigenvalue weighted by Gasteiger charge is -2.33. The van der Waals surface area contributed by atoms with Crippen LogP contribution < -0.4 is 19.1 Å². The monoisotopic (exact) mass is 601 g/mol. The third-order valence-electron chi connectivity index (χ3n) is 6.37. The van der Waals surface area contributed by atoms with Gasteiger partial charge in [-0.3, -0.25) is 13.9 Å². The van der Waals surface area contributed by atoms with Crippen LogP contribution in [-0.4, -0.2) is 58.0 Å². The number of anilines is 1. The Balaban J connectivity index is 2.05. The van der Waals surface area contributed by atoms with E-state index in [1.807, 2.05) is 20.8 Å². The average Bonchev–Trinajstić information content (AvgIpc) is 2.96. The fourth-order valence-electron chi connectivity index (χ4n) is 4.24. The Morgan fingerprint density at radius 2 is 1.41 bits per heavy atom. The van der Waals surface area contributed by atoms with E-state index in [1.165, 1.54) is 48.4 Å². The van der Waals surface area contributed by atoms with E-state index < -0.39 is 28.5 Å². The van der Waals surface area contributed by atoms with Gasteiger partial charge >= 0.3 is 0 Å². The van der Waals surface area contributed by atoms with Crippen molar-refractivity contribution >= 4 is 39.1 Å². The largest absolute Gasteiger partial charge is 0.497 e. The Labute approximate surface area is 247 Å². The number of sulfonamides is 1. The van der Waals surface area contributed by atoms with E-state index in [1.54, 1.807) is 43.5 Å². The number of ether oxygens (including phenoxy) is 2. The molecule has 11 heteroatoms. The molecule has 2 amide bonds. The summed E-state index contributed by atoms with van der Waals surface area (Å²) in [7, 11) is -1.16. The molecule has 41 heavy (non-hydrogen) atoms. The predicted octanol–water partition coefficient (Wildman–Crippen LogP) is 4.88. The van der Waals surface area contributed by atoms with E-state index in [4.69, 9.17) is 21.1 Å². The summed E-state index contributed by atoms with van der Waals surface area (Å²) in [5.41, 5.74) is 1.01. The first-order valence-electron chi connectivity index (χ1n) is 13.1. The van der Waals surface area contributed by atoms with E-state index in [2.05, 4.69) is 5.32 Å². The van der Waals surface area contributed by atoms with Crippen molar-refractivity contribution in [2.75, 3.05) is 25.1 Å². The summed E-state index contributed by atoms with van der Waals surface area (Å²) in [6.45, 7) is 5.03. The van der Waals surface area contributed by atoms with Gasteiger partial charge in [0.05, 0.1) is 24.8 Å². The van der Waals surface area contributed by atoms with Crippen LogP contribution in [-0.2, 0) is 26.2 Å². The molecule has 0 saturated heterocycles. The predicted molar refractivity (Wildman–Crippen MR) is 160 cm³/mol. The lowest BCUT2D eigenvalue weighted by atomic mass is 10.1. The normalized spacial score (nSPS) is 12.0. The van der Waals surface area contributed by atoms with Gasteiger partial charge in [0.25, 0.3) is 10.0 Å². The molecule has 0 radical (unpaired) electrons. The van der Waals surface area contributed by atoms with Gasteiger partial charge in [0, 0.05) is 17.6 Å². The summed E-state index contributed by atoms with van der Waals surface area (Å²) in [5, 5.41) is 3.30. The van der Waals surface area contributed by atoms with E-state index in [0.29, 0.717) is 22.9 Å². The van der Waals surface area contributed by atoms with Crippen molar-refractivity contribution in [3.63, 3.8) is 0 Å². The fourth-order valence-corrected chi connectivity index (χ4v) is 5.78. The Hall–Kier alpha value is -3.76. The minimum absolute atomic E-state index is 0.0210. The summed E-state index contributed by atoms with van der Waals surface area (Å²) in [6.07, 6.45) is 0.326. The van der Waals surface area contributed by atoms with Gasteiger partial charge in [0.15, 0.2) is 0 Å². The third-order valence-corrected chi connectivity index (χ3v) is 8.41. The Morgan fingerprint density at radius 3 is 1.90 bits per heavy atom. The van der Waals surface area contributed by atoms with Crippen LogP contribution in [0.5, 0.6) is 11.5 Å². The summed E-state index contributed by atoms with van der Waals surface area (Å²) in [6, 6.07) is 18.2. The van der Waals surface area contributed by atoms with Gasteiger partial charge in [0.1, 0.15) is 24.1 Å². The van der Waals surface area contributed by atoms with Crippen LogP contribution >= 0.6 is 11.6 Å². The molecule has 1 atom stereocenters. The molecule has 0 fully saturated rings. The van der Waals surface area contributed by atoms with Crippen molar-refractivity contribution in [2.24, 2.45) is 0 Å². The van der Waals surface area contributed by atoms with Crippen LogP contribution in [0.25, 0.3) is 0 Å². The van der Waals surface area contributed by atoms with Crippen LogP contribution in [0.1, 0.15) is 32.8 Å². The third kappa shape index (κ3) is 8.14. The van der Waals surface area contributed by atoms with Crippen LogP contribution in [0.2, 0.25) is 5.02 Å². The Bertz CT molecular complexity index is 1410. The summed E-state index contributed by atoms with van der Waals surface area (Å²) in [4.78, 5) is 28.7. The molecule has 0 saturated carbocycles. The number of carbonyl (C=O) groups excluding carboxylic acids is 2. The molecule has 3 aromatic rings. The molecule has 0 aliphatic rings. The van der Waals surface area contributed by atoms with E-state index in [0.717, 1.165) is 9.87 Å².